The van der Waals surface area contributed by atoms with Crippen molar-refractivity contribution in [2.75, 3.05) is 0 Å². The lowest BCUT2D eigenvalue weighted by Gasteiger charge is -2.74. The number of carboxylic acid groups (broad SMARTS) is 1. The maximum absolute atomic E-state index is 11.5. The summed E-state index contributed by atoms with van der Waals surface area (Å²) in [7, 11) is 0. The molecule has 0 radical (unpaired) electrons. The predicted octanol–water partition coefficient (Wildman–Crippen LogP) is 2.29. The van der Waals surface area contributed by atoms with Gasteiger partial charge in [0.15, 0.2) is 0 Å². The van der Waals surface area contributed by atoms with Gasteiger partial charge < -0.3 is 9.67 Å². The second-order valence-electron chi connectivity index (χ2n) is 6.74. The van der Waals surface area contributed by atoms with Crippen LogP contribution in [-0.4, -0.2) is 36.7 Å². The Bertz CT molecular complexity index is 467. The van der Waals surface area contributed by atoms with E-state index >= 15 is 0 Å². The Morgan fingerprint density at radius 3 is 2.39 bits per heavy atom. The lowest BCUT2D eigenvalue weighted by molar-refractivity contribution is -0.213. The van der Waals surface area contributed by atoms with Crippen molar-refractivity contribution in [2.24, 2.45) is 0 Å². The van der Waals surface area contributed by atoms with Crippen molar-refractivity contribution in [2.45, 2.75) is 56.7 Å². The smallest absolute Gasteiger partial charge is 0.408 e. The lowest BCUT2D eigenvalue weighted by Crippen LogP contribution is -2.81. The van der Waals surface area contributed by atoms with Crippen LogP contribution >= 0.6 is 0 Å². The van der Waals surface area contributed by atoms with Crippen LogP contribution in [0.3, 0.4) is 0 Å². The Morgan fingerprint density at radius 1 is 1.39 bits per heavy atom. The SMILES string of the molecule is CC(C)(C)N(C(=O)O)C12CC(n3ccnc3)(C1)C2. The number of imidazole rings is 1. The average Bonchev–Trinajstić information content (AvgIpc) is 2.57. The van der Waals surface area contributed by atoms with Gasteiger partial charge in [0.05, 0.1) is 17.4 Å². The van der Waals surface area contributed by atoms with E-state index in [-0.39, 0.29) is 16.6 Å². The van der Waals surface area contributed by atoms with Crippen LogP contribution in [-0.2, 0) is 5.54 Å². The molecule has 3 saturated carbocycles. The highest BCUT2D eigenvalue weighted by Crippen LogP contribution is 2.68. The fourth-order valence-corrected chi connectivity index (χ4v) is 3.93. The molecular formula is C13H19N3O2. The molecule has 2 bridgehead atoms. The zero-order valence-corrected chi connectivity index (χ0v) is 11.1. The van der Waals surface area contributed by atoms with Crippen LogP contribution in [0, 0.1) is 0 Å². The first kappa shape index (κ1) is 11.6. The van der Waals surface area contributed by atoms with Crippen LogP contribution in [0.4, 0.5) is 4.79 Å². The minimum atomic E-state index is -0.804. The van der Waals surface area contributed by atoms with Gasteiger partial charge in [-0.1, -0.05) is 0 Å². The van der Waals surface area contributed by atoms with Crippen LogP contribution in [0.1, 0.15) is 40.0 Å². The van der Waals surface area contributed by atoms with Gasteiger partial charge in [0, 0.05) is 17.9 Å². The van der Waals surface area contributed by atoms with Gasteiger partial charge in [0.2, 0.25) is 0 Å². The number of hydrogen-bond acceptors (Lipinski definition) is 2. The normalized spacial score (nSPS) is 33.5. The Hall–Kier alpha value is -1.52. The fraction of sp³-hybridized carbons (Fsp3) is 0.692. The van der Waals surface area contributed by atoms with Gasteiger partial charge in [-0.25, -0.2) is 9.78 Å². The molecular weight excluding hydrogens is 230 g/mol. The molecule has 3 fully saturated rings. The largest absolute Gasteiger partial charge is 0.465 e. The van der Waals surface area contributed by atoms with Crippen LogP contribution in [0.15, 0.2) is 18.7 Å². The van der Waals surface area contributed by atoms with E-state index in [1.54, 1.807) is 11.1 Å². The minimum Gasteiger partial charge on any atom is -0.465 e. The molecule has 0 aliphatic heterocycles. The zero-order chi connectivity index (χ0) is 13.2. The Kier molecular flexibility index (Phi) is 1.98. The van der Waals surface area contributed by atoms with Gasteiger partial charge >= 0.3 is 6.09 Å². The molecule has 0 atom stereocenters. The first-order chi connectivity index (χ1) is 8.29. The van der Waals surface area contributed by atoms with Crippen LogP contribution in [0.2, 0.25) is 0 Å². The summed E-state index contributed by atoms with van der Waals surface area (Å²) in [5, 5.41) is 9.46. The average molecular weight is 249 g/mol. The number of carbonyl (C=O) groups is 1. The quantitative estimate of drug-likeness (QED) is 0.874. The summed E-state index contributed by atoms with van der Waals surface area (Å²) in [5.41, 5.74) is -0.350. The van der Waals surface area contributed by atoms with Gasteiger partial charge in [0.1, 0.15) is 0 Å². The van der Waals surface area contributed by atoms with E-state index in [1.807, 2.05) is 33.3 Å². The standard InChI is InChI=1S/C13H19N3O2/c1-11(2,3)16(10(17)18)13-6-12(7-13,8-13)15-5-4-14-9-15/h4-5,9H,6-8H2,1-3H3,(H,17,18). The minimum absolute atomic E-state index is 0.134. The highest BCUT2D eigenvalue weighted by Gasteiger charge is 2.73. The van der Waals surface area contributed by atoms with Gasteiger partial charge in [-0.2, -0.15) is 0 Å². The van der Waals surface area contributed by atoms with Gasteiger partial charge in [0.25, 0.3) is 0 Å². The molecule has 0 saturated heterocycles. The molecule has 5 heteroatoms. The summed E-state index contributed by atoms with van der Waals surface area (Å²) in [6.45, 7) is 5.89. The number of aromatic nitrogens is 2. The summed E-state index contributed by atoms with van der Waals surface area (Å²) in [4.78, 5) is 17.2. The van der Waals surface area contributed by atoms with E-state index in [9.17, 15) is 9.90 Å². The van der Waals surface area contributed by atoms with E-state index in [1.165, 1.54) is 0 Å². The molecule has 1 amide bonds. The molecule has 3 aliphatic rings. The first-order valence-electron chi connectivity index (χ1n) is 6.31. The summed E-state index contributed by atoms with van der Waals surface area (Å²) < 4.78 is 2.14. The van der Waals surface area contributed by atoms with Gasteiger partial charge in [-0.05, 0) is 40.0 Å². The number of hydrogen-bond donors (Lipinski definition) is 1. The number of nitrogens with zero attached hydrogens (tertiary/aromatic N) is 3. The van der Waals surface area contributed by atoms with Crippen molar-refractivity contribution < 1.29 is 9.90 Å². The van der Waals surface area contributed by atoms with Gasteiger partial charge in [-0.15, -0.1) is 0 Å². The van der Waals surface area contributed by atoms with E-state index in [0.717, 1.165) is 19.3 Å². The number of rotatable bonds is 2. The van der Waals surface area contributed by atoms with Crippen molar-refractivity contribution in [3.8, 4) is 0 Å². The summed E-state index contributed by atoms with van der Waals surface area (Å²) in [5.74, 6) is 0. The summed E-state index contributed by atoms with van der Waals surface area (Å²) >= 11 is 0. The van der Waals surface area contributed by atoms with Crippen LogP contribution in [0.25, 0.3) is 0 Å². The predicted molar refractivity (Wildman–Crippen MR) is 66.4 cm³/mol. The highest BCUT2D eigenvalue weighted by atomic mass is 16.4. The van der Waals surface area contributed by atoms with Crippen LogP contribution in [0.5, 0.6) is 0 Å². The Morgan fingerprint density at radius 2 is 2.00 bits per heavy atom. The third-order valence-corrected chi connectivity index (χ3v) is 4.36. The van der Waals surface area contributed by atoms with Crippen molar-refractivity contribution in [1.29, 1.82) is 0 Å². The highest BCUT2D eigenvalue weighted by molar-refractivity contribution is 5.68. The molecule has 1 N–H and O–H groups in total. The van der Waals surface area contributed by atoms with E-state index in [4.69, 9.17) is 0 Å². The molecule has 18 heavy (non-hydrogen) atoms. The molecule has 0 aromatic carbocycles. The van der Waals surface area contributed by atoms with E-state index < -0.39 is 6.09 Å². The van der Waals surface area contributed by atoms with E-state index in [2.05, 4.69) is 9.55 Å². The van der Waals surface area contributed by atoms with Crippen molar-refractivity contribution in [3.63, 3.8) is 0 Å². The molecule has 0 spiro atoms. The lowest BCUT2D eigenvalue weighted by atomic mass is 9.43. The molecule has 1 heterocycles. The first-order valence-corrected chi connectivity index (χ1v) is 6.31. The summed E-state index contributed by atoms with van der Waals surface area (Å²) in [6.07, 6.45) is 7.55. The molecule has 5 nitrogen and oxygen atoms in total. The zero-order valence-electron chi connectivity index (χ0n) is 11.1. The monoisotopic (exact) mass is 249 g/mol. The fourth-order valence-electron chi connectivity index (χ4n) is 3.93. The molecule has 0 unspecified atom stereocenters. The summed E-state index contributed by atoms with van der Waals surface area (Å²) in [6, 6.07) is 0. The van der Waals surface area contributed by atoms with Gasteiger partial charge in [-0.3, -0.25) is 4.90 Å². The molecule has 98 valence electrons. The molecule has 1 aromatic heterocycles. The van der Waals surface area contributed by atoms with Crippen molar-refractivity contribution in [1.82, 2.24) is 14.5 Å². The van der Waals surface area contributed by atoms with Crippen molar-refractivity contribution >= 4 is 6.09 Å². The van der Waals surface area contributed by atoms with Crippen molar-refractivity contribution in [3.05, 3.63) is 18.7 Å². The Labute approximate surface area is 106 Å². The second kappa shape index (κ2) is 3.08. The van der Waals surface area contributed by atoms with E-state index in [0.29, 0.717) is 0 Å². The Balaban J connectivity index is 1.81. The topological polar surface area (TPSA) is 58.4 Å². The van der Waals surface area contributed by atoms with Crippen LogP contribution < -0.4 is 0 Å². The molecule has 1 aromatic rings. The third kappa shape index (κ3) is 1.27. The molecule has 3 aliphatic carbocycles. The molecule has 4 rings (SSSR count). The maximum atomic E-state index is 11.5. The third-order valence-electron chi connectivity index (χ3n) is 4.36. The maximum Gasteiger partial charge on any atom is 0.408 e. The second-order valence-corrected chi connectivity index (χ2v) is 6.74. The number of amides is 1.